The van der Waals surface area contributed by atoms with Crippen LogP contribution in [0.15, 0.2) is 36.5 Å². The summed E-state index contributed by atoms with van der Waals surface area (Å²) in [6, 6.07) is 11.7. The second-order valence-electron chi connectivity index (χ2n) is 6.22. The van der Waals surface area contributed by atoms with Crippen molar-refractivity contribution in [1.82, 2.24) is 9.88 Å². The van der Waals surface area contributed by atoms with E-state index in [1.807, 2.05) is 0 Å². The van der Waals surface area contributed by atoms with E-state index in [0.717, 1.165) is 31.0 Å². The molecule has 0 aliphatic heterocycles. The maximum atomic E-state index is 3.83. The summed E-state index contributed by atoms with van der Waals surface area (Å²) in [5.74, 6) is 1.99. The van der Waals surface area contributed by atoms with E-state index in [1.165, 1.54) is 36.6 Å². The molecule has 0 saturated heterocycles. The van der Waals surface area contributed by atoms with Crippen LogP contribution in [-0.4, -0.2) is 17.2 Å². The summed E-state index contributed by atoms with van der Waals surface area (Å²) in [6.45, 7) is 2.19. The van der Waals surface area contributed by atoms with Crippen molar-refractivity contribution in [2.75, 3.05) is 6.54 Å². The van der Waals surface area contributed by atoms with E-state index >= 15 is 0 Å². The minimum atomic E-state index is 0.821. The van der Waals surface area contributed by atoms with Crippen LogP contribution in [0.4, 0.5) is 0 Å². The Hall–Kier alpha value is -1.28. The van der Waals surface area contributed by atoms with E-state index in [2.05, 4.69) is 46.4 Å². The Labute approximate surface area is 114 Å². The molecule has 0 atom stereocenters. The smallest absolute Gasteiger partial charge is 0.0480 e. The van der Waals surface area contributed by atoms with Gasteiger partial charge in [-0.05, 0) is 55.0 Å². The lowest BCUT2D eigenvalue weighted by atomic mass is 10.1. The predicted molar refractivity (Wildman–Crippen MR) is 79.2 cm³/mol. The normalized spacial score (nSPS) is 19.4. The fourth-order valence-electron chi connectivity index (χ4n) is 3.32. The van der Waals surface area contributed by atoms with Crippen molar-refractivity contribution in [3.05, 3.63) is 36.5 Å². The Morgan fingerprint density at radius 3 is 2.53 bits per heavy atom. The van der Waals surface area contributed by atoms with E-state index in [9.17, 15) is 0 Å². The highest BCUT2D eigenvalue weighted by molar-refractivity contribution is 5.79. The van der Waals surface area contributed by atoms with Crippen molar-refractivity contribution in [3.8, 4) is 0 Å². The summed E-state index contributed by atoms with van der Waals surface area (Å²) in [5.41, 5.74) is 1.36. The fraction of sp³-hybridized carbons (Fsp3) is 0.529. The van der Waals surface area contributed by atoms with E-state index in [1.54, 1.807) is 0 Å². The number of fused-ring (bicyclic) bond motifs is 1. The number of rotatable bonds is 6. The summed E-state index contributed by atoms with van der Waals surface area (Å²) >= 11 is 0. The Kier molecular flexibility index (Phi) is 2.84. The fourth-order valence-corrected chi connectivity index (χ4v) is 3.32. The highest BCUT2D eigenvalue weighted by atomic mass is 15.0. The zero-order valence-electron chi connectivity index (χ0n) is 11.4. The zero-order valence-corrected chi connectivity index (χ0v) is 11.4. The van der Waals surface area contributed by atoms with Crippen LogP contribution in [0.5, 0.6) is 0 Å². The molecule has 2 nitrogen and oxygen atoms in total. The molecule has 1 heterocycles. The summed E-state index contributed by atoms with van der Waals surface area (Å²) in [6.07, 6.45) is 8.05. The molecular weight excluding hydrogens is 232 g/mol. The van der Waals surface area contributed by atoms with Gasteiger partial charge in [-0.3, -0.25) is 0 Å². The van der Waals surface area contributed by atoms with Gasteiger partial charge >= 0.3 is 0 Å². The van der Waals surface area contributed by atoms with Crippen molar-refractivity contribution in [1.29, 1.82) is 0 Å². The van der Waals surface area contributed by atoms with Gasteiger partial charge < -0.3 is 9.88 Å². The maximum Gasteiger partial charge on any atom is 0.0480 e. The van der Waals surface area contributed by atoms with Gasteiger partial charge in [-0.25, -0.2) is 0 Å². The van der Waals surface area contributed by atoms with E-state index < -0.39 is 0 Å². The summed E-state index contributed by atoms with van der Waals surface area (Å²) in [5, 5.41) is 5.18. The van der Waals surface area contributed by atoms with Crippen LogP contribution in [0.1, 0.15) is 25.7 Å². The van der Waals surface area contributed by atoms with Gasteiger partial charge in [0.1, 0.15) is 0 Å². The molecule has 19 heavy (non-hydrogen) atoms. The molecule has 100 valence electrons. The first-order valence-electron chi connectivity index (χ1n) is 7.69. The van der Waals surface area contributed by atoms with Crippen LogP contribution in [0.2, 0.25) is 0 Å². The summed E-state index contributed by atoms with van der Waals surface area (Å²) in [7, 11) is 0. The molecule has 1 aromatic carbocycles. The van der Waals surface area contributed by atoms with Crippen LogP contribution in [0.3, 0.4) is 0 Å². The molecule has 0 bridgehead atoms. The zero-order chi connectivity index (χ0) is 12.7. The van der Waals surface area contributed by atoms with Gasteiger partial charge in [0, 0.05) is 30.8 Å². The molecule has 2 heteroatoms. The number of benzene rings is 1. The van der Waals surface area contributed by atoms with E-state index in [0.29, 0.717) is 0 Å². The minimum Gasteiger partial charge on any atom is -0.346 e. The molecule has 2 fully saturated rings. The highest BCUT2D eigenvalue weighted by Crippen LogP contribution is 2.44. The lowest BCUT2D eigenvalue weighted by molar-refractivity contribution is 0.408. The van der Waals surface area contributed by atoms with Gasteiger partial charge in [0.25, 0.3) is 0 Å². The van der Waals surface area contributed by atoms with Gasteiger partial charge in [-0.1, -0.05) is 18.2 Å². The van der Waals surface area contributed by atoms with Gasteiger partial charge in [0.05, 0.1) is 0 Å². The average molecular weight is 254 g/mol. The number of hydrogen-bond donors (Lipinski definition) is 1. The largest absolute Gasteiger partial charge is 0.346 e. The Morgan fingerprint density at radius 1 is 1.05 bits per heavy atom. The maximum absolute atomic E-state index is 3.83. The van der Waals surface area contributed by atoms with E-state index in [-0.39, 0.29) is 0 Å². The van der Waals surface area contributed by atoms with Crippen molar-refractivity contribution in [2.24, 2.45) is 11.8 Å². The van der Waals surface area contributed by atoms with E-state index in [4.69, 9.17) is 0 Å². The number of nitrogens with zero attached hydrogens (tertiary/aromatic N) is 1. The second-order valence-corrected chi connectivity index (χ2v) is 6.22. The first-order valence-corrected chi connectivity index (χ1v) is 7.69. The topological polar surface area (TPSA) is 17.0 Å². The number of nitrogens with one attached hydrogen (secondary N) is 1. The van der Waals surface area contributed by atoms with Gasteiger partial charge in [0.2, 0.25) is 0 Å². The summed E-state index contributed by atoms with van der Waals surface area (Å²) < 4.78 is 2.37. The molecule has 4 rings (SSSR count). The standard InChI is InChI=1S/C17H22N2/c1-2-4-16-13(3-1)9-11-19(16)12-10-18-17(14-5-6-14)15-7-8-15/h1-4,9,11,14-15,17-18H,5-8,10,12H2. The molecule has 0 radical (unpaired) electrons. The van der Waals surface area contributed by atoms with Crippen LogP contribution in [0.25, 0.3) is 10.9 Å². The Balaban J connectivity index is 1.39. The van der Waals surface area contributed by atoms with Gasteiger partial charge in [0.15, 0.2) is 0 Å². The number of hydrogen-bond acceptors (Lipinski definition) is 1. The lowest BCUT2D eigenvalue weighted by Crippen LogP contribution is -2.35. The predicted octanol–water partition coefficient (Wildman–Crippen LogP) is 3.42. The lowest BCUT2D eigenvalue weighted by Gasteiger charge is -2.18. The third kappa shape index (κ3) is 2.42. The third-order valence-electron chi connectivity index (χ3n) is 4.67. The van der Waals surface area contributed by atoms with Crippen LogP contribution >= 0.6 is 0 Å². The molecule has 2 aromatic rings. The average Bonchev–Trinajstić information content (AvgIpc) is 3.34. The molecule has 1 aromatic heterocycles. The molecule has 1 N–H and O–H groups in total. The van der Waals surface area contributed by atoms with Crippen molar-refractivity contribution in [3.63, 3.8) is 0 Å². The van der Waals surface area contributed by atoms with Crippen LogP contribution in [0, 0.1) is 11.8 Å². The molecule has 2 aliphatic rings. The molecular formula is C17H22N2. The van der Waals surface area contributed by atoms with Crippen molar-refractivity contribution >= 4 is 10.9 Å². The molecule has 2 saturated carbocycles. The first-order chi connectivity index (χ1) is 9.42. The quantitative estimate of drug-likeness (QED) is 0.836. The number of para-hydroxylation sites is 1. The molecule has 0 amide bonds. The van der Waals surface area contributed by atoms with Crippen molar-refractivity contribution < 1.29 is 0 Å². The Bertz CT molecular complexity index is 551. The Morgan fingerprint density at radius 2 is 1.79 bits per heavy atom. The van der Waals surface area contributed by atoms with Crippen molar-refractivity contribution in [2.45, 2.75) is 38.3 Å². The second kappa shape index (κ2) is 4.68. The third-order valence-corrected chi connectivity index (χ3v) is 4.67. The van der Waals surface area contributed by atoms with Crippen LogP contribution in [-0.2, 0) is 6.54 Å². The first kappa shape index (κ1) is 11.5. The SMILES string of the molecule is c1ccc2c(c1)ccn2CCNC(C1CC1)C1CC1. The molecule has 2 aliphatic carbocycles. The monoisotopic (exact) mass is 254 g/mol. The minimum absolute atomic E-state index is 0.821. The summed E-state index contributed by atoms with van der Waals surface area (Å²) in [4.78, 5) is 0. The molecule has 0 spiro atoms. The number of aromatic nitrogens is 1. The van der Waals surface area contributed by atoms with Crippen LogP contribution < -0.4 is 5.32 Å². The van der Waals surface area contributed by atoms with Gasteiger partial charge in [-0.15, -0.1) is 0 Å². The van der Waals surface area contributed by atoms with Gasteiger partial charge in [-0.2, -0.15) is 0 Å². The molecule has 0 unspecified atom stereocenters. The highest BCUT2D eigenvalue weighted by Gasteiger charge is 2.40.